The molecule has 0 aromatic rings. The van der Waals surface area contributed by atoms with Gasteiger partial charge in [0.15, 0.2) is 0 Å². The van der Waals surface area contributed by atoms with Crippen molar-refractivity contribution in [2.45, 2.75) is 39.2 Å². The lowest BCUT2D eigenvalue weighted by Crippen LogP contribution is -2.60. The molecule has 17 heavy (non-hydrogen) atoms. The lowest BCUT2D eigenvalue weighted by molar-refractivity contribution is 0.0604. The van der Waals surface area contributed by atoms with Crippen LogP contribution in [0.5, 0.6) is 0 Å². The third kappa shape index (κ3) is 3.94. The van der Waals surface area contributed by atoms with E-state index in [1.807, 2.05) is 0 Å². The minimum Gasteiger partial charge on any atom is -0.380 e. The predicted octanol–water partition coefficient (Wildman–Crippen LogP) is 1.73. The minimum atomic E-state index is 0.371. The SMILES string of the molecule is CC(C)COCCN1CCNC(C)(C2CC2)C1. The summed E-state index contributed by atoms with van der Waals surface area (Å²) in [6.45, 7) is 13.2. The summed E-state index contributed by atoms with van der Waals surface area (Å²) in [4.78, 5) is 2.56. The molecule has 1 unspecified atom stereocenters. The van der Waals surface area contributed by atoms with Gasteiger partial charge in [0.2, 0.25) is 0 Å². The monoisotopic (exact) mass is 240 g/mol. The maximum Gasteiger partial charge on any atom is 0.0593 e. The van der Waals surface area contributed by atoms with Gasteiger partial charge in [-0.25, -0.2) is 0 Å². The Bertz CT molecular complexity index is 240. The number of hydrogen-bond acceptors (Lipinski definition) is 3. The van der Waals surface area contributed by atoms with E-state index < -0.39 is 0 Å². The zero-order valence-electron chi connectivity index (χ0n) is 11.7. The van der Waals surface area contributed by atoms with Crippen LogP contribution in [-0.4, -0.2) is 49.8 Å². The van der Waals surface area contributed by atoms with Gasteiger partial charge in [-0.05, 0) is 31.6 Å². The van der Waals surface area contributed by atoms with Crippen molar-refractivity contribution in [3.8, 4) is 0 Å². The van der Waals surface area contributed by atoms with Crippen LogP contribution in [0.2, 0.25) is 0 Å². The van der Waals surface area contributed by atoms with Gasteiger partial charge in [0.1, 0.15) is 0 Å². The highest BCUT2D eigenvalue weighted by Gasteiger charge is 2.43. The highest BCUT2D eigenvalue weighted by Crippen LogP contribution is 2.40. The molecule has 1 aliphatic carbocycles. The van der Waals surface area contributed by atoms with Crippen molar-refractivity contribution in [1.82, 2.24) is 10.2 Å². The number of piperazine rings is 1. The van der Waals surface area contributed by atoms with Crippen LogP contribution in [0.3, 0.4) is 0 Å². The molecule has 3 nitrogen and oxygen atoms in total. The summed E-state index contributed by atoms with van der Waals surface area (Å²) in [6.07, 6.45) is 2.84. The molecule has 0 aromatic heterocycles. The first kappa shape index (κ1) is 13.3. The molecule has 2 fully saturated rings. The molecule has 100 valence electrons. The van der Waals surface area contributed by atoms with E-state index in [1.54, 1.807) is 0 Å². The fourth-order valence-electron chi connectivity index (χ4n) is 2.80. The van der Waals surface area contributed by atoms with Crippen LogP contribution in [0.25, 0.3) is 0 Å². The Balaban J connectivity index is 1.67. The zero-order chi connectivity index (χ0) is 12.3. The number of rotatable bonds is 6. The first-order valence-corrected chi connectivity index (χ1v) is 7.15. The Morgan fingerprint density at radius 1 is 1.41 bits per heavy atom. The van der Waals surface area contributed by atoms with Gasteiger partial charge in [-0.3, -0.25) is 4.90 Å². The topological polar surface area (TPSA) is 24.5 Å². The molecule has 3 heteroatoms. The molecule has 0 aromatic carbocycles. The number of nitrogens with one attached hydrogen (secondary N) is 1. The lowest BCUT2D eigenvalue weighted by atomic mass is 9.93. The molecule has 1 N–H and O–H groups in total. The standard InChI is InChI=1S/C14H28N2O/c1-12(2)10-17-9-8-16-7-6-15-14(3,11-16)13-4-5-13/h12-13,15H,4-11H2,1-3H3. The van der Waals surface area contributed by atoms with E-state index in [-0.39, 0.29) is 0 Å². The van der Waals surface area contributed by atoms with Crippen molar-refractivity contribution in [2.24, 2.45) is 11.8 Å². The van der Waals surface area contributed by atoms with Crippen molar-refractivity contribution in [3.05, 3.63) is 0 Å². The second-order valence-electron chi connectivity index (χ2n) is 6.36. The largest absolute Gasteiger partial charge is 0.380 e. The third-order valence-corrected chi connectivity index (χ3v) is 3.99. The molecule has 0 radical (unpaired) electrons. The van der Waals surface area contributed by atoms with E-state index in [4.69, 9.17) is 4.74 Å². The van der Waals surface area contributed by atoms with Crippen LogP contribution < -0.4 is 5.32 Å². The summed E-state index contributed by atoms with van der Waals surface area (Å²) in [5.41, 5.74) is 0.371. The first-order chi connectivity index (χ1) is 8.10. The second-order valence-corrected chi connectivity index (χ2v) is 6.36. The Hall–Kier alpha value is -0.120. The molecule has 2 aliphatic rings. The zero-order valence-corrected chi connectivity index (χ0v) is 11.7. The summed E-state index contributed by atoms with van der Waals surface area (Å²) >= 11 is 0. The average Bonchev–Trinajstić information content (AvgIpc) is 3.08. The highest BCUT2D eigenvalue weighted by molar-refractivity contribution is 5.01. The lowest BCUT2D eigenvalue weighted by Gasteiger charge is -2.42. The third-order valence-electron chi connectivity index (χ3n) is 3.99. The Morgan fingerprint density at radius 3 is 2.82 bits per heavy atom. The fraction of sp³-hybridized carbons (Fsp3) is 1.00. The first-order valence-electron chi connectivity index (χ1n) is 7.15. The average molecular weight is 240 g/mol. The fourth-order valence-corrected chi connectivity index (χ4v) is 2.80. The van der Waals surface area contributed by atoms with Crippen LogP contribution in [0.1, 0.15) is 33.6 Å². The molecule has 0 spiro atoms. The maximum absolute atomic E-state index is 5.68. The molecule has 0 bridgehead atoms. The van der Waals surface area contributed by atoms with Crippen LogP contribution in [-0.2, 0) is 4.74 Å². The van der Waals surface area contributed by atoms with Crippen molar-refractivity contribution in [1.29, 1.82) is 0 Å². The number of hydrogen-bond donors (Lipinski definition) is 1. The predicted molar refractivity (Wildman–Crippen MR) is 71.2 cm³/mol. The van der Waals surface area contributed by atoms with Crippen molar-refractivity contribution >= 4 is 0 Å². The Labute approximate surface area is 106 Å². The van der Waals surface area contributed by atoms with E-state index in [0.717, 1.165) is 32.2 Å². The molecule has 1 saturated heterocycles. The summed E-state index contributed by atoms with van der Waals surface area (Å²) in [5, 5.41) is 3.71. The quantitative estimate of drug-likeness (QED) is 0.716. The summed E-state index contributed by atoms with van der Waals surface area (Å²) in [7, 11) is 0. The van der Waals surface area contributed by atoms with E-state index in [0.29, 0.717) is 11.5 Å². The van der Waals surface area contributed by atoms with Gasteiger partial charge in [-0.1, -0.05) is 13.8 Å². The van der Waals surface area contributed by atoms with Crippen LogP contribution in [0.15, 0.2) is 0 Å². The molecule has 2 rings (SSSR count). The summed E-state index contributed by atoms with van der Waals surface area (Å²) < 4.78 is 5.68. The highest BCUT2D eigenvalue weighted by atomic mass is 16.5. The molecule has 1 aliphatic heterocycles. The molecule has 1 atom stereocenters. The minimum absolute atomic E-state index is 0.371. The van der Waals surface area contributed by atoms with Crippen molar-refractivity contribution in [3.63, 3.8) is 0 Å². The molecular weight excluding hydrogens is 212 g/mol. The Kier molecular flexibility index (Phi) is 4.45. The van der Waals surface area contributed by atoms with Gasteiger partial charge >= 0.3 is 0 Å². The second kappa shape index (κ2) is 5.68. The van der Waals surface area contributed by atoms with Gasteiger partial charge in [0, 0.05) is 38.3 Å². The van der Waals surface area contributed by atoms with E-state index in [1.165, 1.54) is 25.9 Å². The van der Waals surface area contributed by atoms with Crippen LogP contribution in [0.4, 0.5) is 0 Å². The molecule has 0 amide bonds. The van der Waals surface area contributed by atoms with Gasteiger partial charge in [0.05, 0.1) is 6.61 Å². The molecular formula is C14H28N2O. The molecule has 1 saturated carbocycles. The molecule has 1 heterocycles. The summed E-state index contributed by atoms with van der Waals surface area (Å²) in [6, 6.07) is 0. The summed E-state index contributed by atoms with van der Waals surface area (Å²) in [5.74, 6) is 1.57. The van der Waals surface area contributed by atoms with Crippen molar-refractivity contribution in [2.75, 3.05) is 39.4 Å². The Morgan fingerprint density at radius 2 is 2.18 bits per heavy atom. The van der Waals surface area contributed by atoms with E-state index in [9.17, 15) is 0 Å². The van der Waals surface area contributed by atoms with Crippen molar-refractivity contribution < 1.29 is 4.74 Å². The van der Waals surface area contributed by atoms with Gasteiger partial charge < -0.3 is 10.1 Å². The van der Waals surface area contributed by atoms with Gasteiger partial charge in [0.25, 0.3) is 0 Å². The normalized spacial score (nSPS) is 31.1. The smallest absolute Gasteiger partial charge is 0.0593 e. The number of ether oxygens (including phenoxy) is 1. The van der Waals surface area contributed by atoms with Gasteiger partial charge in [-0.2, -0.15) is 0 Å². The van der Waals surface area contributed by atoms with E-state index >= 15 is 0 Å². The van der Waals surface area contributed by atoms with Crippen LogP contribution >= 0.6 is 0 Å². The van der Waals surface area contributed by atoms with Gasteiger partial charge in [-0.15, -0.1) is 0 Å². The number of nitrogens with zero attached hydrogens (tertiary/aromatic N) is 1. The van der Waals surface area contributed by atoms with Crippen LogP contribution in [0, 0.1) is 11.8 Å². The maximum atomic E-state index is 5.68. The van der Waals surface area contributed by atoms with E-state index in [2.05, 4.69) is 31.0 Å².